The first-order valence-corrected chi connectivity index (χ1v) is 6.54. The molecule has 1 aliphatic carbocycles. The first-order valence-electron chi connectivity index (χ1n) is 6.54. The molecule has 0 aromatic rings. The minimum Gasteiger partial charge on any atom is -0.391 e. The molecule has 0 radical (unpaired) electrons. The van der Waals surface area contributed by atoms with Crippen LogP contribution in [0.2, 0.25) is 0 Å². The van der Waals surface area contributed by atoms with E-state index in [4.69, 9.17) is 4.74 Å². The summed E-state index contributed by atoms with van der Waals surface area (Å²) < 4.78 is 4.91. The molecule has 1 aliphatic rings. The highest BCUT2D eigenvalue weighted by Crippen LogP contribution is 2.40. The van der Waals surface area contributed by atoms with Gasteiger partial charge in [-0.25, -0.2) is 0 Å². The molecule has 3 unspecified atom stereocenters. The van der Waals surface area contributed by atoms with Crippen molar-refractivity contribution >= 4 is 5.78 Å². The average Bonchev–Trinajstić information content (AvgIpc) is 2.20. The van der Waals surface area contributed by atoms with E-state index in [1.54, 1.807) is 7.11 Å². The molecule has 1 rings (SSSR count). The lowest BCUT2D eigenvalue weighted by atomic mass is 9.68. The minimum absolute atomic E-state index is 0.0260. The number of aliphatic hydroxyl groups is 1. The fourth-order valence-corrected chi connectivity index (χ4v) is 2.72. The molecule has 0 heterocycles. The second-order valence-corrected chi connectivity index (χ2v) is 6.35. The van der Waals surface area contributed by atoms with Crippen molar-refractivity contribution < 1.29 is 14.6 Å². The average molecular weight is 242 g/mol. The predicted molar refractivity (Wildman–Crippen MR) is 67.8 cm³/mol. The third-order valence-corrected chi connectivity index (χ3v) is 3.90. The Hall–Kier alpha value is -0.410. The number of aliphatic hydroxyl groups excluding tert-OH is 1. The van der Waals surface area contributed by atoms with E-state index in [1.807, 2.05) is 0 Å². The largest absolute Gasteiger partial charge is 0.391 e. The summed E-state index contributed by atoms with van der Waals surface area (Å²) in [6.07, 6.45) is 2.64. The summed E-state index contributed by atoms with van der Waals surface area (Å²) in [5, 5.41) is 9.73. The van der Waals surface area contributed by atoms with Crippen molar-refractivity contribution in [2.45, 2.75) is 52.6 Å². The summed E-state index contributed by atoms with van der Waals surface area (Å²) >= 11 is 0. The highest BCUT2D eigenvalue weighted by Gasteiger charge is 2.35. The molecule has 0 amide bonds. The predicted octanol–water partition coefficient (Wildman–Crippen LogP) is 2.42. The third kappa shape index (κ3) is 4.40. The first kappa shape index (κ1) is 14.7. The van der Waals surface area contributed by atoms with Crippen molar-refractivity contribution in [3.05, 3.63) is 0 Å². The zero-order valence-corrected chi connectivity index (χ0v) is 11.5. The van der Waals surface area contributed by atoms with Crippen LogP contribution in [0.3, 0.4) is 0 Å². The number of hydrogen-bond donors (Lipinski definition) is 1. The Balaban J connectivity index is 2.55. The maximum Gasteiger partial charge on any atom is 0.136 e. The fourth-order valence-electron chi connectivity index (χ4n) is 2.72. The third-order valence-electron chi connectivity index (χ3n) is 3.90. The second-order valence-electron chi connectivity index (χ2n) is 6.35. The van der Waals surface area contributed by atoms with Gasteiger partial charge < -0.3 is 9.84 Å². The van der Waals surface area contributed by atoms with Crippen LogP contribution in [0, 0.1) is 17.3 Å². The van der Waals surface area contributed by atoms with Crippen LogP contribution in [0.4, 0.5) is 0 Å². The van der Waals surface area contributed by atoms with Gasteiger partial charge in [0.25, 0.3) is 0 Å². The molecular formula is C14H26O3. The van der Waals surface area contributed by atoms with Crippen LogP contribution in [0.1, 0.15) is 46.5 Å². The fraction of sp³-hybridized carbons (Fsp3) is 0.929. The minimum atomic E-state index is -0.507. The van der Waals surface area contributed by atoms with E-state index >= 15 is 0 Å². The number of ether oxygens (including phenoxy) is 1. The molecule has 17 heavy (non-hydrogen) atoms. The highest BCUT2D eigenvalue weighted by atomic mass is 16.5. The molecule has 3 heteroatoms. The van der Waals surface area contributed by atoms with Crippen LogP contribution in [0.5, 0.6) is 0 Å². The molecule has 0 spiro atoms. The summed E-state index contributed by atoms with van der Waals surface area (Å²) in [5.41, 5.74) is 0.255. The Morgan fingerprint density at radius 2 is 2.12 bits per heavy atom. The quantitative estimate of drug-likeness (QED) is 0.823. The molecule has 3 atom stereocenters. The SMILES string of the molecule is COCC(O)CC1CC(C(C)(C)C)CCC1=O. The molecule has 0 aliphatic heterocycles. The van der Waals surface area contributed by atoms with Gasteiger partial charge in [0.05, 0.1) is 12.7 Å². The van der Waals surface area contributed by atoms with Gasteiger partial charge in [-0.1, -0.05) is 20.8 Å². The summed E-state index contributed by atoms with van der Waals surface area (Å²) in [7, 11) is 1.57. The summed E-state index contributed by atoms with van der Waals surface area (Å²) in [4.78, 5) is 11.9. The van der Waals surface area contributed by atoms with Crippen LogP contribution in [-0.2, 0) is 9.53 Å². The molecule has 0 aromatic carbocycles. The van der Waals surface area contributed by atoms with Crippen molar-refractivity contribution in [2.75, 3.05) is 13.7 Å². The molecule has 3 nitrogen and oxygen atoms in total. The van der Waals surface area contributed by atoms with Crippen molar-refractivity contribution in [3.63, 3.8) is 0 Å². The zero-order valence-electron chi connectivity index (χ0n) is 11.5. The van der Waals surface area contributed by atoms with Gasteiger partial charge in [0.15, 0.2) is 0 Å². The summed E-state index contributed by atoms with van der Waals surface area (Å²) in [6.45, 7) is 7.02. The van der Waals surface area contributed by atoms with Crippen LogP contribution >= 0.6 is 0 Å². The van der Waals surface area contributed by atoms with Gasteiger partial charge in [0, 0.05) is 19.4 Å². The number of methoxy groups -OCH3 is 1. The van der Waals surface area contributed by atoms with Gasteiger partial charge in [0.1, 0.15) is 5.78 Å². The topological polar surface area (TPSA) is 46.5 Å². The number of hydrogen-bond acceptors (Lipinski definition) is 3. The lowest BCUT2D eigenvalue weighted by Gasteiger charge is -2.37. The van der Waals surface area contributed by atoms with E-state index in [0.29, 0.717) is 31.1 Å². The van der Waals surface area contributed by atoms with E-state index in [0.717, 1.165) is 12.8 Å². The maximum absolute atomic E-state index is 11.9. The number of Topliss-reactive ketones (excluding diaryl/α,β-unsaturated/α-hetero) is 1. The molecule has 1 saturated carbocycles. The maximum atomic E-state index is 11.9. The van der Waals surface area contributed by atoms with Gasteiger partial charge >= 0.3 is 0 Å². The van der Waals surface area contributed by atoms with Gasteiger partial charge in [-0.15, -0.1) is 0 Å². The molecule has 100 valence electrons. The van der Waals surface area contributed by atoms with E-state index in [2.05, 4.69) is 20.8 Å². The van der Waals surface area contributed by atoms with Crippen molar-refractivity contribution in [1.82, 2.24) is 0 Å². The van der Waals surface area contributed by atoms with Gasteiger partial charge in [-0.2, -0.15) is 0 Å². The zero-order chi connectivity index (χ0) is 13.1. The normalized spacial score (nSPS) is 28.2. The lowest BCUT2D eigenvalue weighted by molar-refractivity contribution is -0.128. The lowest BCUT2D eigenvalue weighted by Crippen LogP contribution is -2.34. The number of carbonyl (C=O) groups excluding carboxylic acids is 1. The van der Waals surface area contributed by atoms with Crippen LogP contribution in [0.25, 0.3) is 0 Å². The van der Waals surface area contributed by atoms with Crippen LogP contribution in [0.15, 0.2) is 0 Å². The molecule has 1 N–H and O–H groups in total. The van der Waals surface area contributed by atoms with Gasteiger partial charge in [0.2, 0.25) is 0 Å². The van der Waals surface area contributed by atoms with Gasteiger partial charge in [-0.3, -0.25) is 4.79 Å². The van der Waals surface area contributed by atoms with Crippen molar-refractivity contribution in [2.24, 2.45) is 17.3 Å². The molecular weight excluding hydrogens is 216 g/mol. The smallest absolute Gasteiger partial charge is 0.136 e. The van der Waals surface area contributed by atoms with Crippen molar-refractivity contribution in [3.8, 4) is 0 Å². The summed E-state index contributed by atoms with van der Waals surface area (Å²) in [5.74, 6) is 0.929. The monoisotopic (exact) mass is 242 g/mol. The Morgan fingerprint density at radius 3 is 2.65 bits per heavy atom. The Bertz CT molecular complexity index is 255. The Kier molecular flexibility index (Phi) is 5.14. The number of rotatable bonds is 4. The Morgan fingerprint density at radius 1 is 1.47 bits per heavy atom. The van der Waals surface area contributed by atoms with E-state index in [-0.39, 0.29) is 11.3 Å². The van der Waals surface area contributed by atoms with E-state index in [9.17, 15) is 9.90 Å². The van der Waals surface area contributed by atoms with E-state index in [1.165, 1.54) is 0 Å². The number of carbonyl (C=O) groups is 1. The Labute approximate surface area is 105 Å². The van der Waals surface area contributed by atoms with Gasteiger partial charge in [-0.05, 0) is 30.6 Å². The van der Waals surface area contributed by atoms with Crippen LogP contribution < -0.4 is 0 Å². The number of ketones is 1. The molecule has 0 bridgehead atoms. The molecule has 0 saturated heterocycles. The highest BCUT2D eigenvalue weighted by molar-refractivity contribution is 5.81. The van der Waals surface area contributed by atoms with E-state index < -0.39 is 6.10 Å². The van der Waals surface area contributed by atoms with Crippen LogP contribution in [-0.4, -0.2) is 30.7 Å². The second kappa shape index (κ2) is 5.96. The van der Waals surface area contributed by atoms with Crippen molar-refractivity contribution in [1.29, 1.82) is 0 Å². The molecule has 0 aromatic heterocycles. The first-order chi connectivity index (χ1) is 7.84. The molecule has 1 fully saturated rings. The standard InChI is InChI=1S/C14H26O3/c1-14(2,3)11-5-6-13(16)10(7-11)8-12(15)9-17-4/h10-12,15H,5-9H2,1-4H3. The summed E-state index contributed by atoms with van der Waals surface area (Å²) in [6, 6.07) is 0.